The lowest BCUT2D eigenvalue weighted by atomic mass is 10.0. The van der Waals surface area contributed by atoms with Gasteiger partial charge in [-0.2, -0.15) is 0 Å². The monoisotopic (exact) mass is 660 g/mol. The summed E-state index contributed by atoms with van der Waals surface area (Å²) in [5.41, 5.74) is 11.0. The highest BCUT2D eigenvalue weighted by molar-refractivity contribution is 5.42. The lowest BCUT2D eigenvalue weighted by Crippen LogP contribution is -2.21. The predicted octanol–water partition coefficient (Wildman–Crippen LogP) is 12.3. The maximum atomic E-state index is 10.4. The molecule has 268 valence electrons. The van der Waals surface area contributed by atoms with Gasteiger partial charge >= 0.3 is 0 Å². The molecule has 0 radical (unpaired) electrons. The van der Waals surface area contributed by atoms with Gasteiger partial charge in [0.15, 0.2) is 11.5 Å². The minimum absolute atomic E-state index is 0.0744. The van der Waals surface area contributed by atoms with E-state index in [0.717, 1.165) is 69.8 Å². The van der Waals surface area contributed by atoms with E-state index in [4.69, 9.17) is 4.74 Å². The van der Waals surface area contributed by atoms with E-state index in [1.807, 2.05) is 0 Å². The van der Waals surface area contributed by atoms with Gasteiger partial charge in [-0.15, -0.1) is 0 Å². The molecule has 1 aromatic carbocycles. The first-order valence-electron chi connectivity index (χ1n) is 18.2. The maximum Gasteiger partial charge on any atom is 0.160 e. The van der Waals surface area contributed by atoms with E-state index >= 15 is 0 Å². The Bertz CT molecular complexity index is 1280. The molecule has 1 aromatic rings. The summed E-state index contributed by atoms with van der Waals surface area (Å²) in [4.78, 5) is 0. The van der Waals surface area contributed by atoms with Crippen LogP contribution in [0, 0.1) is 0 Å². The third-order valence-electron chi connectivity index (χ3n) is 8.77. The number of aliphatic hydroxyl groups excluding tert-OH is 1. The molecule has 0 bridgehead atoms. The van der Waals surface area contributed by atoms with Crippen LogP contribution in [0.5, 0.6) is 11.5 Å². The van der Waals surface area contributed by atoms with Crippen LogP contribution in [0.3, 0.4) is 0 Å². The molecule has 0 aliphatic heterocycles. The van der Waals surface area contributed by atoms with Crippen LogP contribution < -0.4 is 10.1 Å². The Morgan fingerprint density at radius 1 is 0.604 bits per heavy atom. The second-order valence-corrected chi connectivity index (χ2v) is 13.9. The van der Waals surface area contributed by atoms with E-state index in [1.165, 1.54) is 59.0 Å². The highest BCUT2D eigenvalue weighted by Crippen LogP contribution is 2.28. The van der Waals surface area contributed by atoms with Gasteiger partial charge in [-0.1, -0.05) is 87.6 Å². The van der Waals surface area contributed by atoms with E-state index in [0.29, 0.717) is 18.8 Å². The summed E-state index contributed by atoms with van der Waals surface area (Å²) in [5.74, 6) is 0.445. The van der Waals surface area contributed by atoms with Crippen molar-refractivity contribution in [3.63, 3.8) is 0 Å². The zero-order valence-electron chi connectivity index (χ0n) is 32.1. The first-order valence-corrected chi connectivity index (χ1v) is 18.2. The lowest BCUT2D eigenvalue weighted by Gasteiger charge is -2.13. The molecule has 0 fully saturated rings. The van der Waals surface area contributed by atoms with Crippen LogP contribution in [0.1, 0.15) is 144 Å². The van der Waals surface area contributed by atoms with Crippen LogP contribution in [0.25, 0.3) is 0 Å². The van der Waals surface area contributed by atoms with Crippen molar-refractivity contribution in [2.24, 2.45) is 0 Å². The first kappa shape index (κ1) is 42.9. The Morgan fingerprint density at radius 2 is 0.979 bits per heavy atom. The molecule has 4 nitrogen and oxygen atoms in total. The Balaban J connectivity index is 2.24. The molecule has 0 aliphatic rings. The lowest BCUT2D eigenvalue weighted by molar-refractivity contribution is 0.175. The summed E-state index contributed by atoms with van der Waals surface area (Å²) in [7, 11) is 1.50. The summed E-state index contributed by atoms with van der Waals surface area (Å²) in [6, 6.07) is 4.94. The molecule has 48 heavy (non-hydrogen) atoms. The van der Waals surface area contributed by atoms with Crippen LogP contribution in [0.15, 0.2) is 99.7 Å². The van der Waals surface area contributed by atoms with E-state index in [1.54, 1.807) is 18.2 Å². The van der Waals surface area contributed by atoms with E-state index < -0.39 is 6.10 Å². The van der Waals surface area contributed by atoms with Crippen LogP contribution >= 0.6 is 0 Å². The average Bonchev–Trinajstić information content (AvgIpc) is 3.03. The van der Waals surface area contributed by atoms with E-state index in [2.05, 4.69) is 103 Å². The van der Waals surface area contributed by atoms with Crippen molar-refractivity contribution < 1.29 is 14.9 Å². The number of aromatic hydroxyl groups is 1. The van der Waals surface area contributed by atoms with Crippen LogP contribution in [0.4, 0.5) is 0 Å². The number of aliphatic hydroxyl groups is 1. The van der Waals surface area contributed by atoms with Crippen molar-refractivity contribution in [2.45, 2.75) is 139 Å². The Hall–Kier alpha value is -3.08. The smallest absolute Gasteiger partial charge is 0.160 e. The molecule has 3 N–H and O–H groups in total. The molecule has 1 unspecified atom stereocenters. The number of nitrogens with one attached hydrogen (secondary N) is 1. The van der Waals surface area contributed by atoms with Gasteiger partial charge in [0.25, 0.3) is 0 Å². The van der Waals surface area contributed by atoms with Crippen molar-refractivity contribution in [3.05, 3.63) is 105 Å². The normalized spacial score (nSPS) is 14.4. The standard InChI is InChI=1S/C44H69NO3/c1-34(2)16-10-17-35(3)18-11-19-36(4)20-12-21-37(5)22-13-23-38(6)24-14-25-39(7)26-15-27-40(8)30-31-45-33-43(47)41-28-29-42(46)44(32-41)48-9/h16,18,20,22,24,26,28-30,32,43,45-47H,10-15,17,19,21,23,25,27,31,33H2,1-9H3/b35-18?,36-20?,37-22+,38-24+,39-26+,40-30+. The van der Waals surface area contributed by atoms with Crippen molar-refractivity contribution in [1.29, 1.82) is 0 Å². The fourth-order valence-corrected chi connectivity index (χ4v) is 5.42. The Kier molecular flexibility index (Phi) is 23.1. The van der Waals surface area contributed by atoms with Crippen LogP contribution in [0.2, 0.25) is 0 Å². The number of methoxy groups -OCH3 is 1. The predicted molar refractivity (Wildman–Crippen MR) is 210 cm³/mol. The third-order valence-corrected chi connectivity index (χ3v) is 8.77. The maximum absolute atomic E-state index is 10.4. The third kappa shape index (κ3) is 21.7. The van der Waals surface area contributed by atoms with Gasteiger partial charge in [0.05, 0.1) is 13.2 Å². The van der Waals surface area contributed by atoms with Crippen molar-refractivity contribution in [1.82, 2.24) is 5.32 Å². The molecule has 0 saturated carbocycles. The largest absolute Gasteiger partial charge is 0.504 e. The first-order chi connectivity index (χ1) is 22.9. The molecule has 0 amide bonds. The summed E-state index contributed by atoms with van der Waals surface area (Å²) >= 11 is 0. The minimum atomic E-state index is -0.658. The van der Waals surface area contributed by atoms with Crippen LogP contribution in [-0.2, 0) is 0 Å². The Morgan fingerprint density at radius 3 is 1.35 bits per heavy atom. The second-order valence-electron chi connectivity index (χ2n) is 13.9. The van der Waals surface area contributed by atoms with Gasteiger partial charge in [0.2, 0.25) is 0 Å². The number of allylic oxidation sites excluding steroid dienone is 13. The van der Waals surface area contributed by atoms with Crippen molar-refractivity contribution in [2.75, 3.05) is 20.2 Å². The SMILES string of the molecule is COc1cc(C(O)CNC/C=C(\C)CC/C=C(\C)CC/C=C(\C)CC/C=C(\C)CCC=C(C)CCC=C(C)CCC=C(C)C)ccc1O. The molecule has 0 aromatic heterocycles. The summed E-state index contributed by atoms with van der Waals surface area (Å²) in [5, 5.41) is 23.5. The van der Waals surface area contributed by atoms with Crippen molar-refractivity contribution in [3.8, 4) is 11.5 Å². The molecule has 0 aliphatic carbocycles. The summed E-state index contributed by atoms with van der Waals surface area (Å²) < 4.78 is 5.13. The fraction of sp³-hybridized carbons (Fsp3) is 0.545. The molecule has 1 rings (SSSR count). The topological polar surface area (TPSA) is 61.7 Å². The summed E-state index contributed by atoms with van der Waals surface area (Å²) in [6.07, 6.45) is 29.5. The number of ether oxygens (including phenoxy) is 1. The highest BCUT2D eigenvalue weighted by Gasteiger charge is 2.10. The molecule has 4 heteroatoms. The number of hydrogen-bond donors (Lipinski definition) is 3. The molecular weight excluding hydrogens is 590 g/mol. The molecule has 0 saturated heterocycles. The van der Waals surface area contributed by atoms with Gasteiger partial charge in [-0.05, 0) is 150 Å². The zero-order chi connectivity index (χ0) is 35.7. The fourth-order valence-electron chi connectivity index (χ4n) is 5.42. The molecular formula is C44H69NO3. The number of hydrogen-bond acceptors (Lipinski definition) is 4. The quantitative estimate of drug-likeness (QED) is 0.0763. The molecule has 0 heterocycles. The molecule has 0 spiro atoms. The van der Waals surface area contributed by atoms with Crippen LogP contribution in [-0.4, -0.2) is 30.4 Å². The Labute approximate surface area is 295 Å². The zero-order valence-corrected chi connectivity index (χ0v) is 32.1. The number of benzene rings is 1. The van der Waals surface area contributed by atoms with Gasteiger partial charge in [0.1, 0.15) is 0 Å². The number of phenolic OH excluding ortho intramolecular Hbond substituents is 1. The van der Waals surface area contributed by atoms with Gasteiger partial charge in [-0.25, -0.2) is 0 Å². The van der Waals surface area contributed by atoms with Gasteiger partial charge < -0.3 is 20.3 Å². The average molecular weight is 660 g/mol. The number of phenols is 1. The highest BCUT2D eigenvalue weighted by atomic mass is 16.5. The second kappa shape index (κ2) is 25.9. The molecule has 1 atom stereocenters. The summed E-state index contributed by atoms with van der Waals surface area (Å²) in [6.45, 7) is 19.0. The number of rotatable bonds is 24. The van der Waals surface area contributed by atoms with Gasteiger partial charge in [-0.3, -0.25) is 0 Å². The van der Waals surface area contributed by atoms with Gasteiger partial charge in [0, 0.05) is 13.1 Å². The minimum Gasteiger partial charge on any atom is -0.504 e. The van der Waals surface area contributed by atoms with Crippen molar-refractivity contribution >= 4 is 0 Å². The van der Waals surface area contributed by atoms with E-state index in [9.17, 15) is 10.2 Å². The van der Waals surface area contributed by atoms with E-state index in [-0.39, 0.29) is 5.75 Å².